The average Bonchev–Trinajstić information content (AvgIpc) is 2.83. The van der Waals surface area contributed by atoms with Gasteiger partial charge in [-0.05, 0) is 42.7 Å². The van der Waals surface area contributed by atoms with Crippen LogP contribution in [0, 0.1) is 5.92 Å². The highest BCUT2D eigenvalue weighted by molar-refractivity contribution is 7.10. The topological polar surface area (TPSA) is 41.5 Å². The molecule has 0 aromatic carbocycles. The Bertz CT molecular complexity index is 365. The third kappa shape index (κ3) is 6.84. The molecule has 2 unspecified atom stereocenters. The van der Waals surface area contributed by atoms with Crippen molar-refractivity contribution in [1.82, 2.24) is 5.32 Å². The predicted molar refractivity (Wildman–Crippen MR) is 86.3 cm³/mol. The van der Waals surface area contributed by atoms with Gasteiger partial charge in [-0.15, -0.1) is 11.3 Å². The summed E-state index contributed by atoms with van der Waals surface area (Å²) in [6.07, 6.45) is 1.89. The summed E-state index contributed by atoms with van der Waals surface area (Å²) in [6.45, 7) is 10.4. The first-order valence-electron chi connectivity index (χ1n) is 7.58. The minimum atomic E-state index is -0.436. The maximum atomic E-state index is 9.90. The van der Waals surface area contributed by atoms with Crippen LogP contribution in [-0.4, -0.2) is 30.5 Å². The Balaban J connectivity index is 2.15. The van der Waals surface area contributed by atoms with E-state index in [0.717, 1.165) is 19.4 Å². The Morgan fingerprint density at radius 3 is 2.75 bits per heavy atom. The SMILES string of the molecule is CCc1ccsc1CNCC(O)COC(C)CC(C)C. The highest BCUT2D eigenvalue weighted by atomic mass is 32.1. The van der Waals surface area contributed by atoms with Gasteiger partial charge in [0.15, 0.2) is 0 Å². The van der Waals surface area contributed by atoms with Gasteiger partial charge in [-0.2, -0.15) is 0 Å². The van der Waals surface area contributed by atoms with E-state index >= 15 is 0 Å². The fraction of sp³-hybridized carbons (Fsp3) is 0.750. The molecule has 0 amide bonds. The molecule has 3 nitrogen and oxygen atoms in total. The fourth-order valence-corrected chi connectivity index (χ4v) is 3.20. The Labute approximate surface area is 127 Å². The molecule has 0 radical (unpaired) electrons. The molecule has 0 spiro atoms. The first-order valence-corrected chi connectivity index (χ1v) is 8.46. The van der Waals surface area contributed by atoms with Crippen molar-refractivity contribution in [3.63, 3.8) is 0 Å². The van der Waals surface area contributed by atoms with E-state index in [9.17, 15) is 5.11 Å². The van der Waals surface area contributed by atoms with Crippen LogP contribution in [0.5, 0.6) is 0 Å². The molecule has 4 heteroatoms. The van der Waals surface area contributed by atoms with Gasteiger partial charge in [0.05, 0.1) is 18.8 Å². The Morgan fingerprint density at radius 2 is 2.10 bits per heavy atom. The van der Waals surface area contributed by atoms with Crippen LogP contribution < -0.4 is 5.32 Å². The first-order chi connectivity index (χ1) is 9.52. The lowest BCUT2D eigenvalue weighted by atomic mass is 10.1. The van der Waals surface area contributed by atoms with Gasteiger partial charge in [-0.3, -0.25) is 0 Å². The van der Waals surface area contributed by atoms with Crippen molar-refractivity contribution in [3.05, 3.63) is 21.9 Å². The summed E-state index contributed by atoms with van der Waals surface area (Å²) in [4.78, 5) is 1.37. The van der Waals surface area contributed by atoms with Crippen LogP contribution in [0.25, 0.3) is 0 Å². The molecule has 20 heavy (non-hydrogen) atoms. The van der Waals surface area contributed by atoms with Crippen LogP contribution in [0.15, 0.2) is 11.4 Å². The molecular formula is C16H29NO2S. The van der Waals surface area contributed by atoms with E-state index in [2.05, 4.69) is 44.5 Å². The fourth-order valence-electron chi connectivity index (χ4n) is 2.26. The Hall–Kier alpha value is -0.420. The van der Waals surface area contributed by atoms with Crippen LogP contribution in [0.1, 0.15) is 44.6 Å². The number of aliphatic hydroxyl groups excluding tert-OH is 1. The minimum Gasteiger partial charge on any atom is -0.389 e. The number of thiophene rings is 1. The standard InChI is InChI=1S/C16H29NO2S/c1-5-14-6-7-20-16(14)10-17-9-15(18)11-19-13(4)8-12(2)3/h6-7,12-13,15,17-18H,5,8-11H2,1-4H3. The van der Waals surface area contributed by atoms with Gasteiger partial charge in [0.25, 0.3) is 0 Å². The van der Waals surface area contributed by atoms with Crippen molar-refractivity contribution in [2.45, 2.75) is 59.3 Å². The maximum absolute atomic E-state index is 9.90. The van der Waals surface area contributed by atoms with Crippen LogP contribution in [0.3, 0.4) is 0 Å². The second-order valence-electron chi connectivity index (χ2n) is 5.78. The lowest BCUT2D eigenvalue weighted by Crippen LogP contribution is -2.31. The van der Waals surface area contributed by atoms with E-state index in [0.29, 0.717) is 19.1 Å². The van der Waals surface area contributed by atoms with Gasteiger partial charge in [-0.1, -0.05) is 20.8 Å². The van der Waals surface area contributed by atoms with Gasteiger partial charge in [0.1, 0.15) is 0 Å². The number of ether oxygens (including phenoxy) is 1. The molecule has 1 heterocycles. The second kappa shape index (κ2) is 9.50. The Morgan fingerprint density at radius 1 is 1.35 bits per heavy atom. The smallest absolute Gasteiger partial charge is 0.0897 e. The highest BCUT2D eigenvalue weighted by Crippen LogP contribution is 2.16. The molecule has 0 aliphatic heterocycles. The van der Waals surface area contributed by atoms with Crippen molar-refractivity contribution in [3.8, 4) is 0 Å². The largest absolute Gasteiger partial charge is 0.389 e. The summed E-state index contributed by atoms with van der Waals surface area (Å²) < 4.78 is 5.66. The molecule has 0 saturated heterocycles. The number of nitrogens with one attached hydrogen (secondary N) is 1. The molecule has 1 aromatic rings. The molecule has 2 atom stereocenters. The number of rotatable bonds is 10. The average molecular weight is 299 g/mol. The third-order valence-electron chi connectivity index (χ3n) is 3.26. The van der Waals surface area contributed by atoms with Gasteiger partial charge in [0, 0.05) is 18.0 Å². The van der Waals surface area contributed by atoms with Gasteiger partial charge >= 0.3 is 0 Å². The van der Waals surface area contributed by atoms with E-state index in [4.69, 9.17) is 4.74 Å². The maximum Gasteiger partial charge on any atom is 0.0897 e. The normalized spacial score (nSPS) is 14.7. The molecule has 0 aliphatic rings. The number of hydrogen-bond donors (Lipinski definition) is 2. The second-order valence-corrected chi connectivity index (χ2v) is 6.78. The minimum absolute atomic E-state index is 0.216. The molecule has 116 valence electrons. The molecule has 1 aromatic heterocycles. The zero-order valence-electron chi connectivity index (χ0n) is 13.2. The number of aryl methyl sites for hydroxylation is 1. The molecule has 0 saturated carbocycles. The summed E-state index contributed by atoms with van der Waals surface area (Å²) in [5.74, 6) is 0.631. The van der Waals surface area contributed by atoms with Crippen molar-refractivity contribution in [1.29, 1.82) is 0 Å². The first kappa shape index (κ1) is 17.6. The Kier molecular flexibility index (Phi) is 8.38. The summed E-state index contributed by atoms with van der Waals surface area (Å²) >= 11 is 1.78. The number of hydrogen-bond acceptors (Lipinski definition) is 4. The van der Waals surface area contributed by atoms with E-state index in [-0.39, 0.29) is 6.10 Å². The molecule has 0 aliphatic carbocycles. The van der Waals surface area contributed by atoms with E-state index in [1.54, 1.807) is 11.3 Å². The van der Waals surface area contributed by atoms with Gasteiger partial charge < -0.3 is 15.2 Å². The van der Waals surface area contributed by atoms with Gasteiger partial charge in [-0.25, -0.2) is 0 Å². The summed E-state index contributed by atoms with van der Waals surface area (Å²) in [7, 11) is 0. The highest BCUT2D eigenvalue weighted by Gasteiger charge is 2.10. The van der Waals surface area contributed by atoms with Crippen molar-refractivity contribution in [2.24, 2.45) is 5.92 Å². The summed E-state index contributed by atoms with van der Waals surface area (Å²) in [6, 6.07) is 2.18. The predicted octanol–water partition coefficient (Wildman–Crippen LogP) is 3.21. The zero-order chi connectivity index (χ0) is 15.0. The van der Waals surface area contributed by atoms with Crippen molar-refractivity contribution >= 4 is 11.3 Å². The molecule has 0 fully saturated rings. The summed E-state index contributed by atoms with van der Waals surface area (Å²) in [5, 5.41) is 15.3. The lowest BCUT2D eigenvalue weighted by molar-refractivity contribution is -0.00855. The zero-order valence-corrected chi connectivity index (χ0v) is 14.0. The monoisotopic (exact) mass is 299 g/mol. The molecule has 1 rings (SSSR count). The van der Waals surface area contributed by atoms with Crippen LogP contribution >= 0.6 is 11.3 Å². The van der Waals surface area contributed by atoms with E-state index in [1.165, 1.54) is 10.4 Å². The van der Waals surface area contributed by atoms with Crippen LogP contribution in [-0.2, 0) is 17.7 Å². The van der Waals surface area contributed by atoms with Gasteiger partial charge in [0.2, 0.25) is 0 Å². The van der Waals surface area contributed by atoms with Crippen LogP contribution in [0.4, 0.5) is 0 Å². The summed E-state index contributed by atoms with van der Waals surface area (Å²) in [5.41, 5.74) is 1.40. The van der Waals surface area contributed by atoms with E-state index in [1.807, 2.05) is 0 Å². The third-order valence-corrected chi connectivity index (χ3v) is 4.22. The molecule has 2 N–H and O–H groups in total. The quantitative estimate of drug-likeness (QED) is 0.697. The van der Waals surface area contributed by atoms with Crippen LogP contribution in [0.2, 0.25) is 0 Å². The lowest BCUT2D eigenvalue weighted by Gasteiger charge is -2.18. The number of aliphatic hydroxyl groups is 1. The van der Waals surface area contributed by atoms with Crippen molar-refractivity contribution in [2.75, 3.05) is 13.2 Å². The molecule has 0 bridgehead atoms. The molecular weight excluding hydrogens is 270 g/mol. The van der Waals surface area contributed by atoms with E-state index < -0.39 is 6.10 Å². The van der Waals surface area contributed by atoms with Crippen molar-refractivity contribution < 1.29 is 9.84 Å².